The highest BCUT2D eigenvalue weighted by Crippen LogP contribution is 2.11. The molecule has 6 heteroatoms. The summed E-state index contributed by atoms with van der Waals surface area (Å²) in [5, 5.41) is 15.4. The van der Waals surface area contributed by atoms with Crippen LogP contribution in [0.15, 0.2) is 36.0 Å². The predicted molar refractivity (Wildman–Crippen MR) is 84.0 cm³/mol. The summed E-state index contributed by atoms with van der Waals surface area (Å²) in [5.41, 5.74) is 1.01. The maximum atomic E-state index is 11.9. The van der Waals surface area contributed by atoms with Crippen LogP contribution < -0.4 is 10.6 Å². The number of nitrogens with one attached hydrogen (secondary N) is 2. The van der Waals surface area contributed by atoms with Crippen LogP contribution >= 0.6 is 11.6 Å². The second-order valence-corrected chi connectivity index (χ2v) is 5.46. The van der Waals surface area contributed by atoms with E-state index in [0.29, 0.717) is 18.1 Å². The summed E-state index contributed by atoms with van der Waals surface area (Å²) in [6.45, 7) is 1.67. The van der Waals surface area contributed by atoms with Crippen molar-refractivity contribution in [2.24, 2.45) is 0 Å². The van der Waals surface area contributed by atoms with Gasteiger partial charge in [0.15, 0.2) is 0 Å². The van der Waals surface area contributed by atoms with Crippen molar-refractivity contribution in [1.82, 2.24) is 10.6 Å². The number of nitrogens with zero attached hydrogens (tertiary/aromatic N) is 1. The average Bonchev–Trinajstić information content (AvgIpc) is 3.03. The zero-order chi connectivity index (χ0) is 15.8. The molecule has 0 aromatic heterocycles. The molecule has 1 fully saturated rings. The lowest BCUT2D eigenvalue weighted by molar-refractivity contribution is -0.117. The minimum absolute atomic E-state index is 0.0417. The van der Waals surface area contributed by atoms with Gasteiger partial charge in [-0.1, -0.05) is 23.7 Å². The molecule has 1 aliphatic heterocycles. The van der Waals surface area contributed by atoms with Gasteiger partial charge in [-0.2, -0.15) is 5.26 Å². The molecule has 1 aliphatic rings. The number of hydrogen-bond donors (Lipinski definition) is 2. The molecule has 1 unspecified atom stereocenters. The summed E-state index contributed by atoms with van der Waals surface area (Å²) in [7, 11) is 0. The fourth-order valence-electron chi connectivity index (χ4n) is 2.17. The van der Waals surface area contributed by atoms with Crippen molar-refractivity contribution >= 4 is 17.5 Å². The number of hydrogen-bond acceptors (Lipinski definition) is 4. The molecule has 1 saturated heterocycles. The zero-order valence-electron chi connectivity index (χ0n) is 12.1. The van der Waals surface area contributed by atoms with Gasteiger partial charge >= 0.3 is 0 Å². The minimum atomic E-state index is -0.392. The van der Waals surface area contributed by atoms with Crippen LogP contribution in [0.3, 0.4) is 0 Å². The number of rotatable bonds is 6. The van der Waals surface area contributed by atoms with Gasteiger partial charge in [0.25, 0.3) is 5.91 Å². The number of amides is 1. The minimum Gasteiger partial charge on any atom is -0.386 e. The molecule has 1 amide bonds. The Balaban J connectivity index is 1.81. The molecule has 0 aliphatic carbocycles. The predicted octanol–water partition coefficient (Wildman–Crippen LogP) is 2.13. The summed E-state index contributed by atoms with van der Waals surface area (Å²) in [6.07, 6.45) is 3.44. The van der Waals surface area contributed by atoms with Crippen molar-refractivity contribution in [3.05, 3.63) is 46.6 Å². The fraction of sp³-hybridized carbons (Fsp3) is 0.375. The van der Waals surface area contributed by atoms with Crippen molar-refractivity contribution in [2.75, 3.05) is 13.2 Å². The maximum absolute atomic E-state index is 11.9. The molecule has 1 atom stereocenters. The summed E-state index contributed by atoms with van der Waals surface area (Å²) in [6, 6.07) is 9.27. The molecule has 1 heterocycles. The van der Waals surface area contributed by atoms with Crippen LogP contribution in [0.5, 0.6) is 0 Å². The van der Waals surface area contributed by atoms with Gasteiger partial charge in [0, 0.05) is 30.9 Å². The number of ether oxygens (including phenoxy) is 1. The lowest BCUT2D eigenvalue weighted by Crippen LogP contribution is -2.32. The lowest BCUT2D eigenvalue weighted by Gasteiger charge is -2.10. The van der Waals surface area contributed by atoms with Crippen LogP contribution in [-0.4, -0.2) is 25.2 Å². The monoisotopic (exact) mass is 319 g/mol. The SMILES string of the molecule is N#C/C(=C/NCc1cccc(Cl)c1)C(=O)NCC1CCCO1. The molecule has 2 N–H and O–H groups in total. The first-order valence-electron chi connectivity index (χ1n) is 7.17. The number of carbonyl (C=O) groups excluding carboxylic acids is 1. The van der Waals surface area contributed by atoms with Gasteiger partial charge in [0.2, 0.25) is 0 Å². The Kier molecular flexibility index (Phi) is 6.26. The summed E-state index contributed by atoms with van der Waals surface area (Å²) < 4.78 is 5.42. The Bertz CT molecular complexity index is 589. The van der Waals surface area contributed by atoms with Crippen LogP contribution in [0.4, 0.5) is 0 Å². The van der Waals surface area contributed by atoms with Crippen molar-refractivity contribution in [3.63, 3.8) is 0 Å². The third kappa shape index (κ3) is 5.06. The molecule has 5 nitrogen and oxygen atoms in total. The van der Waals surface area contributed by atoms with Crippen molar-refractivity contribution in [1.29, 1.82) is 5.26 Å². The van der Waals surface area contributed by atoms with E-state index in [2.05, 4.69) is 10.6 Å². The van der Waals surface area contributed by atoms with Crippen molar-refractivity contribution in [2.45, 2.75) is 25.5 Å². The molecule has 0 radical (unpaired) electrons. The van der Waals surface area contributed by atoms with E-state index < -0.39 is 5.91 Å². The van der Waals surface area contributed by atoms with E-state index in [9.17, 15) is 4.79 Å². The molecule has 2 rings (SSSR count). The fourth-order valence-corrected chi connectivity index (χ4v) is 2.39. The first-order chi connectivity index (χ1) is 10.7. The highest BCUT2D eigenvalue weighted by Gasteiger charge is 2.17. The van der Waals surface area contributed by atoms with E-state index in [0.717, 1.165) is 25.0 Å². The average molecular weight is 320 g/mol. The highest BCUT2D eigenvalue weighted by molar-refractivity contribution is 6.30. The van der Waals surface area contributed by atoms with Crippen molar-refractivity contribution < 1.29 is 9.53 Å². The first kappa shape index (κ1) is 16.3. The van der Waals surface area contributed by atoms with Gasteiger partial charge in [-0.25, -0.2) is 0 Å². The molecule has 1 aromatic rings. The Labute approximate surface area is 134 Å². The standard InChI is InChI=1S/C16H18ClN3O2/c17-14-4-1-3-12(7-14)9-19-10-13(8-18)16(21)20-11-15-5-2-6-22-15/h1,3-4,7,10,15,19H,2,5-6,9,11H2,(H,20,21)/b13-10-. The second kappa shape index (κ2) is 8.42. The number of halogens is 1. The van der Waals surface area contributed by atoms with Crippen LogP contribution in [0.25, 0.3) is 0 Å². The molecule has 0 spiro atoms. The summed E-state index contributed by atoms with van der Waals surface area (Å²) in [5.74, 6) is -0.392. The van der Waals surface area contributed by atoms with E-state index in [-0.39, 0.29) is 11.7 Å². The van der Waals surface area contributed by atoms with Crippen LogP contribution in [0.1, 0.15) is 18.4 Å². The topological polar surface area (TPSA) is 74.2 Å². The zero-order valence-corrected chi connectivity index (χ0v) is 12.9. The first-order valence-corrected chi connectivity index (χ1v) is 7.54. The lowest BCUT2D eigenvalue weighted by atomic mass is 10.2. The molecular formula is C16H18ClN3O2. The summed E-state index contributed by atoms with van der Waals surface area (Å²) >= 11 is 5.90. The third-order valence-corrected chi connectivity index (χ3v) is 3.56. The van der Waals surface area contributed by atoms with Crippen LogP contribution in [0, 0.1) is 11.3 Å². The van der Waals surface area contributed by atoms with Gasteiger partial charge in [-0.05, 0) is 30.5 Å². The van der Waals surface area contributed by atoms with E-state index in [4.69, 9.17) is 21.6 Å². The number of carbonyl (C=O) groups is 1. The Morgan fingerprint density at radius 1 is 1.55 bits per heavy atom. The van der Waals surface area contributed by atoms with Gasteiger partial charge in [-0.3, -0.25) is 4.79 Å². The van der Waals surface area contributed by atoms with E-state index in [1.807, 2.05) is 24.3 Å². The molecule has 0 saturated carbocycles. The molecular weight excluding hydrogens is 302 g/mol. The van der Waals surface area contributed by atoms with Crippen LogP contribution in [-0.2, 0) is 16.1 Å². The van der Waals surface area contributed by atoms with Gasteiger partial charge < -0.3 is 15.4 Å². The smallest absolute Gasteiger partial charge is 0.263 e. The number of benzene rings is 1. The van der Waals surface area contributed by atoms with Gasteiger partial charge in [0.05, 0.1) is 6.10 Å². The van der Waals surface area contributed by atoms with E-state index in [1.165, 1.54) is 6.20 Å². The normalized spacial score (nSPS) is 17.8. The van der Waals surface area contributed by atoms with Gasteiger partial charge in [-0.15, -0.1) is 0 Å². The quantitative estimate of drug-likeness (QED) is 0.622. The number of nitriles is 1. The van der Waals surface area contributed by atoms with E-state index >= 15 is 0 Å². The Hall–Kier alpha value is -2.03. The van der Waals surface area contributed by atoms with Gasteiger partial charge in [0.1, 0.15) is 11.6 Å². The largest absolute Gasteiger partial charge is 0.386 e. The van der Waals surface area contributed by atoms with Crippen LogP contribution in [0.2, 0.25) is 5.02 Å². The second-order valence-electron chi connectivity index (χ2n) is 5.03. The van der Waals surface area contributed by atoms with E-state index in [1.54, 1.807) is 6.07 Å². The molecule has 116 valence electrons. The summed E-state index contributed by atoms with van der Waals surface area (Å²) in [4.78, 5) is 11.9. The Morgan fingerprint density at radius 3 is 3.09 bits per heavy atom. The highest BCUT2D eigenvalue weighted by atomic mass is 35.5. The van der Waals surface area contributed by atoms with Crippen molar-refractivity contribution in [3.8, 4) is 6.07 Å². The Morgan fingerprint density at radius 2 is 2.41 bits per heavy atom. The third-order valence-electron chi connectivity index (χ3n) is 3.32. The maximum Gasteiger partial charge on any atom is 0.263 e. The molecule has 0 bridgehead atoms. The molecule has 22 heavy (non-hydrogen) atoms. The molecule has 1 aromatic carbocycles.